The minimum atomic E-state index is -4.31. The van der Waals surface area contributed by atoms with E-state index >= 15 is 0 Å². The van der Waals surface area contributed by atoms with Gasteiger partial charge in [0.25, 0.3) is 10.0 Å². The van der Waals surface area contributed by atoms with Gasteiger partial charge in [0.05, 0.1) is 17.7 Å². The fourth-order valence-corrected chi connectivity index (χ4v) is 7.04. The summed E-state index contributed by atoms with van der Waals surface area (Å²) in [6, 6.07) is 15.6. The van der Waals surface area contributed by atoms with Gasteiger partial charge >= 0.3 is 0 Å². The Morgan fingerprint density at radius 1 is 1.02 bits per heavy atom. The van der Waals surface area contributed by atoms with E-state index in [1.807, 2.05) is 6.92 Å². The molecule has 0 bridgehead atoms. The topological polar surface area (TPSA) is 96.0 Å². The van der Waals surface area contributed by atoms with Gasteiger partial charge < -0.3 is 15.0 Å². The monoisotopic (exact) mass is 643 g/mol. The predicted molar refractivity (Wildman–Crippen MR) is 170 cm³/mol. The maximum absolute atomic E-state index is 14.3. The maximum Gasteiger partial charge on any atom is 0.264 e. The number of hydrogen-bond acceptors (Lipinski definition) is 5. The van der Waals surface area contributed by atoms with Crippen molar-refractivity contribution >= 4 is 39.1 Å². The average molecular weight is 644 g/mol. The molecule has 1 fully saturated rings. The molecule has 0 saturated heterocycles. The summed E-state index contributed by atoms with van der Waals surface area (Å²) in [4.78, 5) is 29.3. The third-order valence-electron chi connectivity index (χ3n) is 7.90. The van der Waals surface area contributed by atoms with Gasteiger partial charge in [0.2, 0.25) is 11.8 Å². The molecule has 0 radical (unpaired) electrons. The number of hydrogen-bond donors (Lipinski definition) is 1. The van der Waals surface area contributed by atoms with Crippen LogP contribution in [0.25, 0.3) is 0 Å². The van der Waals surface area contributed by atoms with E-state index in [0.717, 1.165) is 42.0 Å². The number of amides is 2. The molecular weight excluding hydrogens is 605 g/mol. The molecule has 3 aromatic carbocycles. The normalized spacial score (nSPS) is 14.5. The molecule has 1 N–H and O–H groups in total. The Hall–Kier alpha value is -3.63. The standard InChI is InChI=1S/C33H39ClFN3O5S/c1-4-29(33(40)36-27-8-6-5-7-9-27)37(21-24-12-15-26(35)16-13-24)32(39)22-38(30-20-25(34)14-19-31(30)43-3)44(41,42)28-17-10-23(2)11-18-28/h10-20,27,29H,4-9,21-22H2,1-3H3,(H,36,40)/t29-/m0/s1. The van der Waals surface area contributed by atoms with Crippen LogP contribution in [-0.2, 0) is 26.2 Å². The highest BCUT2D eigenvalue weighted by atomic mass is 35.5. The highest BCUT2D eigenvalue weighted by Crippen LogP contribution is 2.35. The van der Waals surface area contributed by atoms with Crippen LogP contribution in [0, 0.1) is 12.7 Å². The average Bonchev–Trinajstić information content (AvgIpc) is 3.01. The van der Waals surface area contributed by atoms with E-state index in [9.17, 15) is 22.4 Å². The first-order chi connectivity index (χ1) is 21.0. The molecule has 1 saturated carbocycles. The van der Waals surface area contributed by atoms with Gasteiger partial charge in [-0.1, -0.05) is 67.6 Å². The summed E-state index contributed by atoms with van der Waals surface area (Å²) in [5, 5.41) is 3.36. The van der Waals surface area contributed by atoms with Gasteiger partial charge in [-0.2, -0.15) is 0 Å². The Balaban J connectivity index is 1.75. The van der Waals surface area contributed by atoms with Crippen LogP contribution in [0.4, 0.5) is 10.1 Å². The summed E-state index contributed by atoms with van der Waals surface area (Å²) in [6.45, 7) is 2.98. The zero-order chi connectivity index (χ0) is 31.9. The van der Waals surface area contributed by atoms with Gasteiger partial charge in [-0.25, -0.2) is 12.8 Å². The number of carbonyl (C=O) groups is 2. The van der Waals surface area contributed by atoms with Gasteiger partial charge in [-0.05, 0) is 74.2 Å². The molecule has 1 aliphatic rings. The highest BCUT2D eigenvalue weighted by Gasteiger charge is 2.35. The minimum absolute atomic E-state index is 0.0159. The Bertz CT molecular complexity index is 1540. The lowest BCUT2D eigenvalue weighted by Crippen LogP contribution is -2.54. The molecule has 1 aliphatic carbocycles. The largest absolute Gasteiger partial charge is 0.495 e. The number of rotatable bonds is 12. The molecule has 4 rings (SSSR count). The number of aryl methyl sites for hydroxylation is 1. The summed E-state index contributed by atoms with van der Waals surface area (Å²) in [5.41, 5.74) is 1.54. The summed E-state index contributed by atoms with van der Waals surface area (Å²) in [7, 11) is -2.91. The van der Waals surface area contributed by atoms with Crippen LogP contribution in [0.3, 0.4) is 0 Å². The van der Waals surface area contributed by atoms with Crippen molar-refractivity contribution < 1.29 is 27.1 Å². The fraction of sp³-hybridized carbons (Fsp3) is 0.394. The molecule has 0 aliphatic heterocycles. The Morgan fingerprint density at radius 2 is 1.68 bits per heavy atom. The van der Waals surface area contributed by atoms with Crippen molar-refractivity contribution in [2.75, 3.05) is 18.0 Å². The van der Waals surface area contributed by atoms with Crippen molar-refractivity contribution in [3.63, 3.8) is 0 Å². The van der Waals surface area contributed by atoms with E-state index in [1.165, 1.54) is 48.4 Å². The molecule has 0 aromatic heterocycles. The second-order valence-electron chi connectivity index (χ2n) is 11.1. The Labute approximate surface area is 264 Å². The molecule has 0 unspecified atom stereocenters. The molecule has 0 spiro atoms. The third kappa shape index (κ3) is 8.09. The quantitative estimate of drug-likeness (QED) is 0.252. The predicted octanol–water partition coefficient (Wildman–Crippen LogP) is 6.25. The molecular formula is C33H39ClFN3O5S. The summed E-state index contributed by atoms with van der Waals surface area (Å²) < 4.78 is 48.5. The highest BCUT2D eigenvalue weighted by molar-refractivity contribution is 7.92. The zero-order valence-electron chi connectivity index (χ0n) is 25.3. The Morgan fingerprint density at radius 3 is 2.30 bits per heavy atom. The number of halogens is 2. The van der Waals surface area contributed by atoms with Crippen molar-refractivity contribution in [1.82, 2.24) is 10.2 Å². The van der Waals surface area contributed by atoms with Crippen molar-refractivity contribution in [2.24, 2.45) is 0 Å². The third-order valence-corrected chi connectivity index (χ3v) is 9.91. The molecule has 236 valence electrons. The Kier molecular flexibility index (Phi) is 11.3. The van der Waals surface area contributed by atoms with Crippen LogP contribution < -0.4 is 14.4 Å². The SMILES string of the molecule is CC[C@@H](C(=O)NC1CCCCC1)N(Cc1ccc(F)cc1)C(=O)CN(c1cc(Cl)ccc1OC)S(=O)(=O)c1ccc(C)cc1. The van der Waals surface area contributed by atoms with Gasteiger partial charge in [0.15, 0.2) is 0 Å². The maximum atomic E-state index is 14.3. The van der Waals surface area contributed by atoms with Gasteiger partial charge in [0.1, 0.15) is 24.2 Å². The van der Waals surface area contributed by atoms with Gasteiger partial charge in [-0.15, -0.1) is 0 Å². The van der Waals surface area contributed by atoms with E-state index in [1.54, 1.807) is 37.3 Å². The number of sulfonamides is 1. The molecule has 11 heteroatoms. The lowest BCUT2D eigenvalue weighted by molar-refractivity contribution is -0.140. The lowest BCUT2D eigenvalue weighted by atomic mass is 9.95. The first kappa shape index (κ1) is 33.3. The number of methoxy groups -OCH3 is 1. The summed E-state index contributed by atoms with van der Waals surface area (Å²) >= 11 is 6.31. The van der Waals surface area contributed by atoms with Crippen LogP contribution in [0.2, 0.25) is 5.02 Å². The van der Waals surface area contributed by atoms with Gasteiger partial charge in [0, 0.05) is 17.6 Å². The number of nitrogens with zero attached hydrogens (tertiary/aromatic N) is 2. The van der Waals surface area contributed by atoms with Crippen LogP contribution in [0.15, 0.2) is 71.6 Å². The zero-order valence-corrected chi connectivity index (χ0v) is 26.8. The molecule has 0 heterocycles. The number of carbonyl (C=O) groups excluding carboxylic acids is 2. The van der Waals surface area contributed by atoms with E-state index < -0.39 is 34.3 Å². The number of ether oxygens (including phenoxy) is 1. The first-order valence-corrected chi connectivity index (χ1v) is 16.6. The number of nitrogens with one attached hydrogen (secondary N) is 1. The summed E-state index contributed by atoms with van der Waals surface area (Å²) in [5.74, 6) is -1.15. The number of benzene rings is 3. The van der Waals surface area contributed by atoms with Crippen molar-refractivity contribution in [2.45, 2.75) is 75.9 Å². The van der Waals surface area contributed by atoms with Crippen LogP contribution in [-0.4, -0.2) is 50.9 Å². The van der Waals surface area contributed by atoms with E-state index in [0.29, 0.717) is 5.56 Å². The molecule has 3 aromatic rings. The smallest absolute Gasteiger partial charge is 0.264 e. The fourth-order valence-electron chi connectivity index (χ4n) is 5.46. The van der Waals surface area contributed by atoms with E-state index in [2.05, 4.69) is 5.32 Å². The van der Waals surface area contributed by atoms with Crippen molar-refractivity contribution in [3.05, 3.63) is 88.7 Å². The van der Waals surface area contributed by atoms with Crippen molar-refractivity contribution in [3.8, 4) is 5.75 Å². The number of anilines is 1. The molecule has 44 heavy (non-hydrogen) atoms. The minimum Gasteiger partial charge on any atom is -0.495 e. The van der Waals surface area contributed by atoms with Gasteiger partial charge in [-0.3, -0.25) is 13.9 Å². The lowest BCUT2D eigenvalue weighted by Gasteiger charge is -2.34. The second-order valence-corrected chi connectivity index (χ2v) is 13.4. The molecule has 2 amide bonds. The summed E-state index contributed by atoms with van der Waals surface area (Å²) in [6.07, 6.45) is 5.19. The van der Waals surface area contributed by atoms with Crippen LogP contribution in [0.1, 0.15) is 56.6 Å². The van der Waals surface area contributed by atoms with Crippen molar-refractivity contribution in [1.29, 1.82) is 0 Å². The second kappa shape index (κ2) is 14.9. The molecule has 1 atom stereocenters. The van der Waals surface area contributed by atoms with E-state index in [-0.39, 0.29) is 46.3 Å². The van der Waals surface area contributed by atoms with Crippen LogP contribution in [0.5, 0.6) is 5.75 Å². The first-order valence-electron chi connectivity index (χ1n) is 14.8. The molecule has 8 nitrogen and oxygen atoms in total. The van der Waals surface area contributed by atoms with E-state index in [4.69, 9.17) is 16.3 Å². The van der Waals surface area contributed by atoms with Crippen LogP contribution >= 0.6 is 11.6 Å².